The second kappa shape index (κ2) is 24.6. The molecule has 1 aromatic carbocycles. The molecule has 23 heteroatoms. The number of phosphoric acid groups is 1. The van der Waals surface area contributed by atoms with Crippen LogP contribution in [0.15, 0.2) is 67.8 Å². The summed E-state index contributed by atoms with van der Waals surface area (Å²) < 4.78 is 33.0. The number of nitrogens with zero attached hydrogens (tertiary/aromatic N) is 5. The zero-order valence-corrected chi connectivity index (χ0v) is 53.7. The van der Waals surface area contributed by atoms with Crippen molar-refractivity contribution in [1.29, 1.82) is 0 Å². The van der Waals surface area contributed by atoms with Gasteiger partial charge in [0.1, 0.15) is 12.2 Å². The maximum Gasteiger partial charge on any atom is 0.472 e. The number of hydrogen-bond donors (Lipinski definition) is 8. The first-order valence-corrected chi connectivity index (χ1v) is 32.2. The van der Waals surface area contributed by atoms with Crippen molar-refractivity contribution in [3.05, 3.63) is 63.9 Å². The zero-order valence-electron chi connectivity index (χ0n) is 52.8. The highest BCUT2D eigenvalue weighted by atomic mass is 31.2. The fourth-order valence-electron chi connectivity index (χ4n) is 15.5. The van der Waals surface area contributed by atoms with Gasteiger partial charge in [-0.15, -0.1) is 0 Å². The Labute approximate surface area is 506 Å². The number of nitrogens with one attached hydrogen (secondary N) is 2. The molecule has 0 saturated carbocycles. The number of imidazole rings is 1. The Morgan fingerprint density at radius 2 is 1.51 bits per heavy atom. The van der Waals surface area contributed by atoms with Crippen LogP contribution in [0.1, 0.15) is 177 Å². The number of hydrogen-bond acceptors (Lipinski definition) is 15. The molecule has 0 radical (unpaired) electrons. The summed E-state index contributed by atoms with van der Waals surface area (Å²) in [5.74, 6) is -4.30. The quantitative estimate of drug-likeness (QED) is 0.0469. The van der Waals surface area contributed by atoms with Crippen molar-refractivity contribution < 1.29 is 52.3 Å². The van der Waals surface area contributed by atoms with Gasteiger partial charge >= 0.3 is 7.82 Å². The standard InChI is InChI=1S/C63H94N11O11P/c1-15-18-37-41-28-45-59(9,10)38(19-21-46(64)75)51(71-45)35(7)56-61(12,24-23-50(79)68-30-34(6)84-86(81,82)85-54-44(16-2)83-58(53(54)80)74-31-69-42-25-32(4)33(5)26-43(42)74)40(27-48(66)77)57(72-56)63(14)62(13,29-49(67)78)39(20-22-47(65)76)52(73-63)36(8)55(70-41)60(37,11)17-3/h25-26,28,31,34,37-40,44,53-54,57-58,70,80H,15-24,27,29-30H2,1-14H3,(H2,64,75)(H2,65,76)(H2,66,77)(H2,67,78)(H,68,79)(H,81,82)/t34-,37-,38-,39-,40+,44-,53?,54?,57-,58?,60+,61-,62+,63+/m1/s1. The van der Waals surface area contributed by atoms with Crippen LogP contribution < -0.4 is 33.6 Å². The number of phosphoric ester groups is 1. The summed E-state index contributed by atoms with van der Waals surface area (Å²) in [7, 11) is -4.91. The molecular formula is C63H94N11O11P. The summed E-state index contributed by atoms with van der Waals surface area (Å²) in [5, 5.41) is 18.4. The average molecular weight is 1210 g/mol. The van der Waals surface area contributed by atoms with Crippen molar-refractivity contribution >= 4 is 65.5 Å². The van der Waals surface area contributed by atoms with E-state index in [1.807, 2.05) is 67.5 Å². The van der Waals surface area contributed by atoms with Crippen molar-refractivity contribution in [3.63, 3.8) is 0 Å². The number of aromatic nitrogens is 2. The van der Waals surface area contributed by atoms with E-state index in [-0.39, 0.29) is 63.3 Å². The van der Waals surface area contributed by atoms with E-state index in [4.69, 9.17) is 51.7 Å². The zero-order chi connectivity index (χ0) is 63.6. The second-order valence-electron chi connectivity index (χ2n) is 26.8. The highest BCUT2D eigenvalue weighted by Crippen LogP contribution is 2.62. The minimum absolute atomic E-state index is 0.0163. The first-order chi connectivity index (χ1) is 40.1. The number of allylic oxidation sites excluding steroid dienone is 6. The van der Waals surface area contributed by atoms with Crippen LogP contribution in [0, 0.1) is 59.2 Å². The van der Waals surface area contributed by atoms with Gasteiger partial charge in [-0.2, -0.15) is 0 Å². The van der Waals surface area contributed by atoms with Gasteiger partial charge in [-0.25, -0.2) is 9.55 Å². The van der Waals surface area contributed by atoms with Crippen LogP contribution in [0.4, 0.5) is 0 Å². The largest absolute Gasteiger partial charge is 0.472 e. The van der Waals surface area contributed by atoms with Crippen LogP contribution in [0.3, 0.4) is 0 Å². The van der Waals surface area contributed by atoms with Gasteiger partial charge in [-0.3, -0.25) is 48.0 Å². The van der Waals surface area contributed by atoms with Crippen LogP contribution in [-0.2, 0) is 42.3 Å². The summed E-state index contributed by atoms with van der Waals surface area (Å²) in [4.78, 5) is 100. The third-order valence-corrected chi connectivity index (χ3v) is 22.0. The third kappa shape index (κ3) is 12.0. The number of aliphatic hydroxyl groups is 1. The Morgan fingerprint density at radius 1 is 0.860 bits per heavy atom. The average Bonchev–Trinajstić information content (AvgIpc) is 1.54. The maximum atomic E-state index is 14.4. The van der Waals surface area contributed by atoms with Crippen LogP contribution in [0.2, 0.25) is 0 Å². The molecule has 4 unspecified atom stereocenters. The highest BCUT2D eigenvalue weighted by Gasteiger charge is 2.66. The Morgan fingerprint density at radius 3 is 2.12 bits per heavy atom. The molecule has 12 N–H and O–H groups in total. The number of nitrogens with two attached hydrogens (primary N) is 4. The van der Waals surface area contributed by atoms with E-state index in [1.165, 1.54) is 6.92 Å². The monoisotopic (exact) mass is 1210 g/mol. The van der Waals surface area contributed by atoms with E-state index in [2.05, 4.69) is 56.3 Å². The number of fused-ring (bicyclic) bond motifs is 7. The molecule has 7 heterocycles. The Hall–Kier alpha value is -5.90. The van der Waals surface area contributed by atoms with Crippen LogP contribution in [0.5, 0.6) is 0 Å². The Bertz CT molecular complexity index is 3310. The number of benzene rings is 1. The van der Waals surface area contributed by atoms with Crippen molar-refractivity contribution in [2.75, 3.05) is 6.54 Å². The fourth-order valence-corrected chi connectivity index (χ4v) is 16.6. The molecule has 0 spiro atoms. The predicted molar refractivity (Wildman–Crippen MR) is 330 cm³/mol. The minimum Gasteiger partial charge on any atom is -0.386 e. The molecule has 8 bridgehead atoms. The summed E-state index contributed by atoms with van der Waals surface area (Å²) >= 11 is 0. The number of rotatable bonds is 24. The second-order valence-corrected chi connectivity index (χ2v) is 28.2. The lowest BCUT2D eigenvalue weighted by Crippen LogP contribution is -2.56. The number of primary amides is 4. The molecule has 2 aromatic rings. The first kappa shape index (κ1) is 66.1. The van der Waals surface area contributed by atoms with Crippen LogP contribution >= 0.6 is 7.82 Å². The van der Waals surface area contributed by atoms with Crippen molar-refractivity contribution in [1.82, 2.24) is 20.2 Å². The number of carbonyl (C=O) groups excluding carboxylic acids is 5. The lowest BCUT2D eigenvalue weighted by atomic mass is 9.55. The van der Waals surface area contributed by atoms with Gasteiger partial charge in [0.25, 0.3) is 0 Å². The molecule has 15 atom stereocenters. The molecule has 6 aliphatic heterocycles. The van der Waals surface area contributed by atoms with Crippen molar-refractivity contribution in [3.8, 4) is 0 Å². The molecule has 8 rings (SSSR count). The van der Waals surface area contributed by atoms with E-state index >= 15 is 0 Å². The summed E-state index contributed by atoms with van der Waals surface area (Å²) in [5.41, 5.74) is 29.4. The molecule has 6 aliphatic rings. The fraction of sp³-hybridized carbons (Fsp3) is 0.667. The number of ether oxygens (including phenoxy) is 1. The number of amides is 5. The third-order valence-electron chi connectivity index (χ3n) is 20.9. The minimum atomic E-state index is -4.91. The van der Waals surface area contributed by atoms with E-state index in [0.29, 0.717) is 41.1 Å². The summed E-state index contributed by atoms with van der Waals surface area (Å²) in [6, 6.07) is 2.99. The molecule has 2 saturated heterocycles. The molecule has 1 aromatic heterocycles. The maximum absolute atomic E-state index is 14.4. The molecule has 0 aliphatic carbocycles. The normalized spacial score (nSPS) is 33.1. The molecule has 2 fully saturated rings. The molecule has 22 nitrogen and oxygen atoms in total. The van der Waals surface area contributed by atoms with Crippen LogP contribution in [0.25, 0.3) is 11.0 Å². The topological polar surface area (TPSA) is 354 Å². The van der Waals surface area contributed by atoms with Crippen LogP contribution in [-0.4, -0.2) is 109 Å². The summed E-state index contributed by atoms with van der Waals surface area (Å²) in [6.07, 6.45) is 1.32. The van der Waals surface area contributed by atoms with Gasteiger partial charge in [0.2, 0.25) is 29.5 Å². The summed E-state index contributed by atoms with van der Waals surface area (Å²) in [6.45, 7) is 27.7. The molecule has 86 heavy (non-hydrogen) atoms. The predicted octanol–water partition coefficient (Wildman–Crippen LogP) is 7.65. The van der Waals surface area contributed by atoms with Crippen molar-refractivity contribution in [2.45, 2.75) is 216 Å². The van der Waals surface area contributed by atoms with Gasteiger partial charge in [0.15, 0.2) is 6.23 Å². The lowest BCUT2D eigenvalue weighted by Gasteiger charge is -2.48. The van der Waals surface area contributed by atoms with Gasteiger partial charge in [-0.05, 0) is 121 Å². The SMILES string of the molecule is CCC[C@@H]1C2=CC3=NC(=C(C)C4=N[C@H]([C@H](CC(N)=O)[C@@]4(C)CCC(=O)NC[C@@H](C)OP(=O)(O)OC4C(O)C(n5cnc6cc(C)c(C)cc65)O[C@@H]4CC)[C@]4(C)N=C(C(C)=C(N2)[C@@]1(C)CC)[C@@H](CCC(N)=O)[C@]4(C)CC(N)=O)[C@@H](CCC(N)=O)C3(C)C. The number of aliphatic imine (C=N–C) groups is 3. The Kier molecular flexibility index (Phi) is 18.9. The molecule has 472 valence electrons. The van der Waals surface area contributed by atoms with E-state index < -0.39 is 113 Å². The van der Waals surface area contributed by atoms with Gasteiger partial charge in [-0.1, -0.05) is 61.8 Å². The van der Waals surface area contributed by atoms with E-state index in [9.17, 15) is 38.5 Å². The van der Waals surface area contributed by atoms with Crippen molar-refractivity contribution in [2.24, 2.45) is 83.2 Å². The molecule has 5 amide bonds. The lowest BCUT2D eigenvalue weighted by molar-refractivity contribution is -0.124. The van der Waals surface area contributed by atoms with E-state index in [1.54, 1.807) is 10.9 Å². The number of aryl methyl sites for hydroxylation is 2. The first-order valence-electron chi connectivity index (χ1n) is 30.7. The Balaban J connectivity index is 1.17. The molecular weight excluding hydrogens is 1120 g/mol. The van der Waals surface area contributed by atoms with Gasteiger partial charge in [0, 0.05) is 118 Å². The number of aliphatic hydroxyl groups excluding tert-OH is 1. The van der Waals surface area contributed by atoms with Gasteiger partial charge in [0.05, 0.1) is 41.1 Å². The smallest absolute Gasteiger partial charge is 0.386 e. The van der Waals surface area contributed by atoms with E-state index in [0.717, 1.165) is 58.6 Å². The number of carbonyl (C=O) groups is 5. The highest BCUT2D eigenvalue weighted by molar-refractivity contribution is 7.47. The van der Waals surface area contributed by atoms with Gasteiger partial charge < -0.3 is 52.9 Å².